The highest BCUT2D eigenvalue weighted by atomic mass is 35.5. The maximum atomic E-state index is 12.5. The summed E-state index contributed by atoms with van der Waals surface area (Å²) in [6, 6.07) is 9.15. The topological polar surface area (TPSA) is 53.4 Å². The Hall–Kier alpha value is -2.05. The lowest BCUT2D eigenvalue weighted by atomic mass is 10.0. The van der Waals surface area contributed by atoms with Crippen LogP contribution in [0.5, 0.6) is 0 Å². The smallest absolute Gasteiger partial charge is 0.323 e. The van der Waals surface area contributed by atoms with Gasteiger partial charge in [-0.25, -0.2) is 9.48 Å². The fourth-order valence-corrected chi connectivity index (χ4v) is 3.84. The Balaban J connectivity index is 1.39. The molecule has 2 atom stereocenters. The molecule has 1 aromatic carbocycles. The number of carbonyl (C=O) groups excluding carboxylic acids is 1. The van der Waals surface area contributed by atoms with Gasteiger partial charge in [0, 0.05) is 43.5 Å². The van der Waals surface area contributed by atoms with E-state index in [9.17, 15) is 4.79 Å². The molecule has 2 saturated heterocycles. The highest BCUT2D eigenvalue weighted by Crippen LogP contribution is 2.30. The summed E-state index contributed by atoms with van der Waals surface area (Å²) >= 11 is 5.90. The van der Waals surface area contributed by atoms with E-state index < -0.39 is 0 Å². The number of nitrogens with one attached hydrogen (secondary N) is 1. The first-order chi connectivity index (χ1) is 11.6. The first-order valence-corrected chi connectivity index (χ1v) is 8.52. The molecule has 7 heteroatoms. The molecule has 0 bridgehead atoms. The Morgan fingerprint density at radius 1 is 1.12 bits per heavy atom. The molecule has 0 aliphatic carbocycles. The first-order valence-electron chi connectivity index (χ1n) is 8.14. The van der Waals surface area contributed by atoms with Gasteiger partial charge in [-0.2, -0.15) is 0 Å². The number of halogens is 1. The van der Waals surface area contributed by atoms with Gasteiger partial charge >= 0.3 is 6.03 Å². The molecule has 4 rings (SSSR count). The van der Waals surface area contributed by atoms with Gasteiger partial charge in [0.15, 0.2) is 5.82 Å². The van der Waals surface area contributed by atoms with Crippen molar-refractivity contribution in [1.29, 1.82) is 0 Å². The van der Waals surface area contributed by atoms with Gasteiger partial charge in [0.2, 0.25) is 0 Å². The average molecular weight is 346 g/mol. The number of amides is 2. The normalized spacial score (nSPS) is 23.5. The Labute approximate surface area is 146 Å². The van der Waals surface area contributed by atoms with Gasteiger partial charge in [0.1, 0.15) is 0 Å². The molecule has 1 N–H and O–H groups in total. The van der Waals surface area contributed by atoms with Crippen molar-refractivity contribution >= 4 is 23.4 Å². The summed E-state index contributed by atoms with van der Waals surface area (Å²) in [5, 5.41) is 8.00. The van der Waals surface area contributed by atoms with Gasteiger partial charge in [0.25, 0.3) is 0 Å². The van der Waals surface area contributed by atoms with E-state index in [4.69, 9.17) is 11.6 Å². The SMILES string of the molecule is CN1C[C@@H]2CN(C(=O)Nc3ccn(-c4ccc(Cl)cc4)n3)C[C@@H]2C1. The Bertz CT molecular complexity index is 730. The summed E-state index contributed by atoms with van der Waals surface area (Å²) in [6.07, 6.45) is 1.83. The predicted octanol–water partition coefficient (Wildman–Crippen LogP) is 2.55. The van der Waals surface area contributed by atoms with Crippen molar-refractivity contribution in [2.75, 3.05) is 38.5 Å². The minimum absolute atomic E-state index is 0.0617. The summed E-state index contributed by atoms with van der Waals surface area (Å²) in [7, 11) is 2.14. The average Bonchev–Trinajstić information content (AvgIpc) is 3.22. The quantitative estimate of drug-likeness (QED) is 0.910. The molecule has 2 aliphatic heterocycles. The number of nitrogens with zero attached hydrogens (tertiary/aromatic N) is 4. The summed E-state index contributed by atoms with van der Waals surface area (Å²) in [5.41, 5.74) is 0.902. The summed E-state index contributed by atoms with van der Waals surface area (Å²) in [6.45, 7) is 3.83. The van der Waals surface area contributed by atoms with Gasteiger partial charge in [-0.15, -0.1) is 5.10 Å². The lowest BCUT2D eigenvalue weighted by Crippen LogP contribution is -2.35. The van der Waals surface area contributed by atoms with Crippen molar-refractivity contribution in [1.82, 2.24) is 19.6 Å². The van der Waals surface area contributed by atoms with Crippen molar-refractivity contribution in [2.45, 2.75) is 0 Å². The zero-order valence-electron chi connectivity index (χ0n) is 13.5. The van der Waals surface area contributed by atoms with Gasteiger partial charge < -0.3 is 9.80 Å². The zero-order chi connectivity index (χ0) is 16.7. The van der Waals surface area contributed by atoms with Crippen LogP contribution in [0.25, 0.3) is 5.69 Å². The fraction of sp³-hybridized carbons (Fsp3) is 0.412. The fourth-order valence-electron chi connectivity index (χ4n) is 3.71. The molecule has 2 aliphatic rings. The Kier molecular flexibility index (Phi) is 3.94. The van der Waals surface area contributed by atoms with Crippen LogP contribution in [0.1, 0.15) is 0 Å². The summed E-state index contributed by atoms with van der Waals surface area (Å²) in [5.74, 6) is 1.77. The van der Waals surface area contributed by atoms with Crippen molar-refractivity contribution in [2.24, 2.45) is 11.8 Å². The van der Waals surface area contributed by atoms with Gasteiger partial charge in [-0.1, -0.05) is 11.6 Å². The van der Waals surface area contributed by atoms with Crippen molar-refractivity contribution < 1.29 is 4.79 Å². The molecule has 3 heterocycles. The van der Waals surface area contributed by atoms with Crippen LogP contribution >= 0.6 is 11.6 Å². The van der Waals surface area contributed by atoms with Crippen molar-refractivity contribution in [3.05, 3.63) is 41.6 Å². The van der Waals surface area contributed by atoms with E-state index >= 15 is 0 Å². The second-order valence-corrected chi connectivity index (χ2v) is 7.13. The van der Waals surface area contributed by atoms with Crippen LogP contribution < -0.4 is 5.32 Å². The van der Waals surface area contributed by atoms with Gasteiger partial charge in [-0.05, 0) is 43.1 Å². The van der Waals surface area contributed by atoms with E-state index in [1.807, 2.05) is 35.4 Å². The zero-order valence-corrected chi connectivity index (χ0v) is 14.3. The molecule has 6 nitrogen and oxygen atoms in total. The molecule has 0 radical (unpaired) electrons. The second kappa shape index (κ2) is 6.11. The summed E-state index contributed by atoms with van der Waals surface area (Å²) < 4.78 is 1.72. The molecule has 24 heavy (non-hydrogen) atoms. The number of aromatic nitrogens is 2. The molecular formula is C17H20ClN5O. The van der Waals surface area contributed by atoms with Crippen molar-refractivity contribution in [3.63, 3.8) is 0 Å². The number of fused-ring (bicyclic) bond motifs is 1. The van der Waals surface area contributed by atoms with E-state index in [-0.39, 0.29) is 6.03 Å². The Morgan fingerprint density at radius 3 is 2.46 bits per heavy atom. The predicted molar refractivity (Wildman–Crippen MR) is 93.6 cm³/mol. The van der Waals surface area contributed by atoms with Crippen LogP contribution in [0.2, 0.25) is 5.02 Å². The maximum Gasteiger partial charge on any atom is 0.323 e. The van der Waals surface area contributed by atoms with Crippen LogP contribution in [0.3, 0.4) is 0 Å². The number of likely N-dealkylation sites (tertiary alicyclic amines) is 2. The van der Waals surface area contributed by atoms with Crippen LogP contribution in [0, 0.1) is 11.8 Å². The number of hydrogen-bond acceptors (Lipinski definition) is 3. The molecule has 2 fully saturated rings. The highest BCUT2D eigenvalue weighted by molar-refractivity contribution is 6.30. The monoisotopic (exact) mass is 345 g/mol. The van der Waals surface area contributed by atoms with Gasteiger partial charge in [0.05, 0.1) is 5.69 Å². The molecular weight excluding hydrogens is 326 g/mol. The standard InChI is InChI=1S/C17H20ClN5O/c1-21-8-12-10-22(11-13(12)9-21)17(24)19-16-6-7-23(20-16)15-4-2-14(18)3-5-15/h2-7,12-13H,8-11H2,1H3,(H,19,20,24)/t12-,13+. The first kappa shape index (κ1) is 15.5. The molecule has 2 amide bonds. The molecule has 126 valence electrons. The third-order valence-corrected chi connectivity index (χ3v) is 5.12. The third-order valence-electron chi connectivity index (χ3n) is 4.87. The number of hydrogen-bond donors (Lipinski definition) is 1. The Morgan fingerprint density at radius 2 is 1.79 bits per heavy atom. The molecule has 1 aromatic heterocycles. The largest absolute Gasteiger partial charge is 0.324 e. The maximum absolute atomic E-state index is 12.5. The van der Waals surface area contributed by atoms with Crippen LogP contribution in [0.4, 0.5) is 10.6 Å². The molecule has 2 aromatic rings. The van der Waals surface area contributed by atoms with E-state index in [2.05, 4.69) is 22.4 Å². The number of rotatable bonds is 2. The lowest BCUT2D eigenvalue weighted by molar-refractivity contribution is 0.215. The van der Waals surface area contributed by atoms with Crippen molar-refractivity contribution in [3.8, 4) is 5.69 Å². The van der Waals surface area contributed by atoms with Crippen LogP contribution in [0.15, 0.2) is 36.5 Å². The number of anilines is 1. The molecule has 0 spiro atoms. The summed E-state index contributed by atoms with van der Waals surface area (Å²) in [4.78, 5) is 16.7. The molecule has 0 unspecified atom stereocenters. The van der Waals surface area contributed by atoms with Crippen LogP contribution in [-0.2, 0) is 0 Å². The van der Waals surface area contributed by atoms with E-state index in [1.54, 1.807) is 10.7 Å². The minimum atomic E-state index is -0.0617. The third kappa shape index (κ3) is 2.99. The van der Waals surface area contributed by atoms with E-state index in [1.165, 1.54) is 0 Å². The van der Waals surface area contributed by atoms with E-state index in [0.717, 1.165) is 31.9 Å². The van der Waals surface area contributed by atoms with Crippen LogP contribution in [-0.4, -0.2) is 58.8 Å². The lowest BCUT2D eigenvalue weighted by Gasteiger charge is -2.19. The van der Waals surface area contributed by atoms with E-state index in [0.29, 0.717) is 22.7 Å². The second-order valence-electron chi connectivity index (χ2n) is 6.70. The number of benzene rings is 1. The molecule has 0 saturated carbocycles. The number of carbonyl (C=O) groups is 1. The minimum Gasteiger partial charge on any atom is -0.324 e. The highest BCUT2D eigenvalue weighted by Gasteiger charge is 2.40. The number of urea groups is 1. The van der Waals surface area contributed by atoms with Gasteiger partial charge in [-0.3, -0.25) is 5.32 Å².